The molecule has 0 saturated carbocycles. The highest BCUT2D eigenvalue weighted by Crippen LogP contribution is 2.30. The van der Waals surface area contributed by atoms with Crippen LogP contribution in [0.3, 0.4) is 0 Å². The lowest BCUT2D eigenvalue weighted by Crippen LogP contribution is -2.12. The number of anilines is 1. The van der Waals surface area contributed by atoms with Gasteiger partial charge in [0.25, 0.3) is 5.91 Å². The molecule has 0 fully saturated rings. The summed E-state index contributed by atoms with van der Waals surface area (Å²) in [4.78, 5) is 12.6. The molecule has 0 atom stereocenters. The van der Waals surface area contributed by atoms with Crippen LogP contribution in [0.1, 0.15) is 23.0 Å². The molecule has 0 bridgehead atoms. The van der Waals surface area contributed by atoms with Gasteiger partial charge in [0.2, 0.25) is 0 Å². The number of amides is 1. The van der Waals surface area contributed by atoms with Gasteiger partial charge in [0.1, 0.15) is 17.1 Å². The second-order valence-electron chi connectivity index (χ2n) is 5.09. The van der Waals surface area contributed by atoms with Gasteiger partial charge in [-0.3, -0.25) is 4.79 Å². The summed E-state index contributed by atoms with van der Waals surface area (Å²) in [7, 11) is 0. The molecule has 1 heterocycles. The van der Waals surface area contributed by atoms with Gasteiger partial charge in [-0.1, -0.05) is 11.6 Å². The highest BCUT2D eigenvalue weighted by molar-refractivity contribution is 6.30. The van der Waals surface area contributed by atoms with E-state index in [0.717, 1.165) is 5.39 Å². The minimum atomic E-state index is -0.225. The summed E-state index contributed by atoms with van der Waals surface area (Å²) in [6.45, 7) is 4.25. The van der Waals surface area contributed by atoms with E-state index in [1.807, 2.05) is 25.1 Å². The number of benzene rings is 2. The number of aryl methyl sites for hydroxylation is 1. The van der Waals surface area contributed by atoms with Crippen LogP contribution in [-0.2, 0) is 0 Å². The lowest BCUT2D eigenvalue weighted by atomic mass is 10.1. The van der Waals surface area contributed by atoms with E-state index in [2.05, 4.69) is 5.32 Å². The Labute approximate surface area is 139 Å². The molecule has 0 saturated heterocycles. The Morgan fingerprint density at radius 2 is 1.96 bits per heavy atom. The molecule has 0 aliphatic carbocycles. The zero-order valence-electron chi connectivity index (χ0n) is 12.9. The zero-order chi connectivity index (χ0) is 16.4. The van der Waals surface area contributed by atoms with Crippen molar-refractivity contribution in [1.82, 2.24) is 0 Å². The number of hydrogen-bond acceptors (Lipinski definition) is 3. The Balaban J connectivity index is 1.97. The van der Waals surface area contributed by atoms with E-state index in [-0.39, 0.29) is 5.91 Å². The molecule has 0 spiro atoms. The van der Waals surface area contributed by atoms with Crippen LogP contribution >= 0.6 is 11.6 Å². The van der Waals surface area contributed by atoms with Gasteiger partial charge < -0.3 is 14.5 Å². The Morgan fingerprint density at radius 3 is 2.65 bits per heavy atom. The quantitative estimate of drug-likeness (QED) is 0.729. The van der Waals surface area contributed by atoms with Gasteiger partial charge in [-0.05, 0) is 56.3 Å². The van der Waals surface area contributed by atoms with Crippen LogP contribution in [0.5, 0.6) is 5.75 Å². The summed E-state index contributed by atoms with van der Waals surface area (Å²) in [6, 6.07) is 12.4. The summed E-state index contributed by atoms with van der Waals surface area (Å²) in [5, 5.41) is 4.21. The van der Waals surface area contributed by atoms with Crippen LogP contribution in [0, 0.1) is 6.92 Å². The standard InChI is InChI=1S/C18H16ClNO3/c1-3-22-14-8-9-16-15(10-14)17(11(2)23-16)18(21)20-13-6-4-12(19)5-7-13/h4-10H,3H2,1-2H3,(H,20,21). The fourth-order valence-corrected chi connectivity index (χ4v) is 2.59. The number of halogens is 1. The van der Waals surface area contributed by atoms with Gasteiger partial charge >= 0.3 is 0 Å². The fraction of sp³-hybridized carbons (Fsp3) is 0.167. The predicted molar refractivity (Wildman–Crippen MR) is 91.5 cm³/mol. The second kappa shape index (κ2) is 6.34. The summed E-state index contributed by atoms with van der Waals surface area (Å²) >= 11 is 5.86. The molecule has 4 nitrogen and oxygen atoms in total. The summed E-state index contributed by atoms with van der Waals surface area (Å²) in [5.41, 5.74) is 1.85. The Kier molecular flexibility index (Phi) is 4.26. The van der Waals surface area contributed by atoms with Crippen molar-refractivity contribution in [2.24, 2.45) is 0 Å². The lowest BCUT2D eigenvalue weighted by molar-refractivity contribution is 0.102. The fourth-order valence-electron chi connectivity index (χ4n) is 2.46. The van der Waals surface area contributed by atoms with E-state index < -0.39 is 0 Å². The zero-order valence-corrected chi connectivity index (χ0v) is 13.6. The number of fused-ring (bicyclic) bond motifs is 1. The Bertz CT molecular complexity index is 853. The molecule has 0 radical (unpaired) electrons. The molecule has 0 unspecified atom stereocenters. The van der Waals surface area contributed by atoms with Crippen LogP contribution in [0.25, 0.3) is 11.0 Å². The lowest BCUT2D eigenvalue weighted by Gasteiger charge is -2.06. The van der Waals surface area contributed by atoms with Gasteiger partial charge in [0.05, 0.1) is 12.2 Å². The first-order chi connectivity index (χ1) is 11.1. The molecule has 1 N–H and O–H groups in total. The first-order valence-corrected chi connectivity index (χ1v) is 7.69. The number of carbonyl (C=O) groups excluding carboxylic acids is 1. The molecular formula is C18H16ClNO3. The van der Waals surface area contributed by atoms with Crippen LogP contribution in [-0.4, -0.2) is 12.5 Å². The summed E-state index contributed by atoms with van der Waals surface area (Å²) in [6.07, 6.45) is 0. The third kappa shape index (κ3) is 3.17. The maximum atomic E-state index is 12.6. The Hall–Kier alpha value is -2.46. The van der Waals surface area contributed by atoms with Gasteiger partial charge in [-0.2, -0.15) is 0 Å². The van der Waals surface area contributed by atoms with Crippen LogP contribution < -0.4 is 10.1 Å². The van der Waals surface area contributed by atoms with E-state index >= 15 is 0 Å². The van der Waals surface area contributed by atoms with Crippen molar-refractivity contribution in [3.63, 3.8) is 0 Å². The summed E-state index contributed by atoms with van der Waals surface area (Å²) in [5.74, 6) is 1.05. The third-order valence-electron chi connectivity index (χ3n) is 3.48. The van der Waals surface area contributed by atoms with Crippen molar-refractivity contribution in [2.75, 3.05) is 11.9 Å². The van der Waals surface area contributed by atoms with Crippen molar-refractivity contribution in [3.8, 4) is 5.75 Å². The van der Waals surface area contributed by atoms with Crippen molar-refractivity contribution >= 4 is 34.2 Å². The van der Waals surface area contributed by atoms with Crippen molar-refractivity contribution in [1.29, 1.82) is 0 Å². The number of carbonyl (C=O) groups is 1. The highest BCUT2D eigenvalue weighted by Gasteiger charge is 2.19. The topological polar surface area (TPSA) is 51.5 Å². The second-order valence-corrected chi connectivity index (χ2v) is 5.52. The average Bonchev–Trinajstić information content (AvgIpc) is 2.85. The number of furan rings is 1. The number of rotatable bonds is 4. The van der Waals surface area contributed by atoms with E-state index in [4.69, 9.17) is 20.8 Å². The highest BCUT2D eigenvalue weighted by atomic mass is 35.5. The van der Waals surface area contributed by atoms with Crippen molar-refractivity contribution < 1.29 is 13.9 Å². The molecule has 1 amide bonds. The van der Waals surface area contributed by atoms with Gasteiger partial charge in [-0.25, -0.2) is 0 Å². The average molecular weight is 330 g/mol. The molecule has 118 valence electrons. The van der Waals surface area contributed by atoms with E-state index in [1.54, 1.807) is 31.2 Å². The van der Waals surface area contributed by atoms with Crippen LogP contribution in [0.15, 0.2) is 46.9 Å². The predicted octanol–water partition coefficient (Wildman–Crippen LogP) is 5.05. The maximum absolute atomic E-state index is 12.6. The third-order valence-corrected chi connectivity index (χ3v) is 3.73. The van der Waals surface area contributed by atoms with Gasteiger partial charge in [-0.15, -0.1) is 0 Å². The molecule has 0 aliphatic heterocycles. The minimum Gasteiger partial charge on any atom is -0.494 e. The molecule has 1 aromatic heterocycles. The van der Waals surface area contributed by atoms with E-state index in [0.29, 0.717) is 40.0 Å². The monoisotopic (exact) mass is 329 g/mol. The first-order valence-electron chi connectivity index (χ1n) is 7.31. The van der Waals surface area contributed by atoms with Crippen LogP contribution in [0.4, 0.5) is 5.69 Å². The largest absolute Gasteiger partial charge is 0.494 e. The van der Waals surface area contributed by atoms with Crippen molar-refractivity contribution in [3.05, 3.63) is 58.8 Å². The minimum absolute atomic E-state index is 0.225. The SMILES string of the molecule is CCOc1ccc2oc(C)c(C(=O)Nc3ccc(Cl)cc3)c2c1. The molecule has 3 aromatic rings. The molecular weight excluding hydrogens is 314 g/mol. The molecule has 0 aliphatic rings. The van der Waals surface area contributed by atoms with E-state index in [1.165, 1.54) is 0 Å². The normalized spacial score (nSPS) is 10.7. The number of nitrogens with one attached hydrogen (secondary N) is 1. The molecule has 23 heavy (non-hydrogen) atoms. The molecule has 2 aromatic carbocycles. The summed E-state index contributed by atoms with van der Waals surface area (Å²) < 4.78 is 11.2. The van der Waals surface area contributed by atoms with Gasteiger partial charge in [0, 0.05) is 16.1 Å². The van der Waals surface area contributed by atoms with Gasteiger partial charge in [0.15, 0.2) is 0 Å². The molecule has 5 heteroatoms. The van der Waals surface area contributed by atoms with Crippen LogP contribution in [0.2, 0.25) is 5.02 Å². The first kappa shape index (κ1) is 15.4. The maximum Gasteiger partial charge on any atom is 0.259 e. The smallest absolute Gasteiger partial charge is 0.259 e. The van der Waals surface area contributed by atoms with Crippen molar-refractivity contribution in [2.45, 2.75) is 13.8 Å². The number of hydrogen-bond donors (Lipinski definition) is 1. The molecule has 3 rings (SSSR count). The number of ether oxygens (including phenoxy) is 1. The van der Waals surface area contributed by atoms with E-state index in [9.17, 15) is 4.79 Å². The Morgan fingerprint density at radius 1 is 1.22 bits per heavy atom.